The molecule has 1 saturated carbocycles. The van der Waals surface area contributed by atoms with Gasteiger partial charge in [-0.15, -0.1) is 0 Å². The van der Waals surface area contributed by atoms with Crippen molar-refractivity contribution in [3.8, 4) is 0 Å². The number of carbonyl (C=O) groups is 1. The number of nitrogens with one attached hydrogen (secondary N) is 1. The fourth-order valence-corrected chi connectivity index (χ4v) is 4.29. The molecule has 0 heterocycles. The highest BCUT2D eigenvalue weighted by Crippen LogP contribution is 2.51. The smallest absolute Gasteiger partial charge is 0.332 e. The lowest BCUT2D eigenvalue weighted by Gasteiger charge is -2.32. The Morgan fingerprint density at radius 3 is 2.81 bits per heavy atom. The summed E-state index contributed by atoms with van der Waals surface area (Å²) in [6.45, 7) is 3.65. The van der Waals surface area contributed by atoms with Gasteiger partial charge in [-0.3, -0.25) is 10.3 Å². The van der Waals surface area contributed by atoms with Gasteiger partial charge >= 0.3 is 5.97 Å². The van der Waals surface area contributed by atoms with Gasteiger partial charge in [-0.25, -0.2) is 4.79 Å². The lowest BCUT2D eigenvalue weighted by Crippen LogP contribution is -2.31. The summed E-state index contributed by atoms with van der Waals surface area (Å²) in [4.78, 5) is 15.4. The van der Waals surface area contributed by atoms with Crippen molar-refractivity contribution in [3.05, 3.63) is 46.2 Å². The van der Waals surface area contributed by atoms with Gasteiger partial charge in [-0.05, 0) is 68.1 Å². The molecule has 6 nitrogen and oxygen atoms in total. The van der Waals surface area contributed by atoms with Crippen LogP contribution in [0.1, 0.15) is 48.5 Å². The van der Waals surface area contributed by atoms with Crippen LogP contribution in [0.5, 0.6) is 0 Å². The number of aliphatic hydroxyl groups excluding tert-OH is 2. The minimum Gasteiger partial charge on any atom is -0.479 e. The number of rotatable bonds is 8. The molecule has 4 N–H and O–H groups in total. The van der Waals surface area contributed by atoms with E-state index in [0.29, 0.717) is 18.8 Å². The van der Waals surface area contributed by atoms with Crippen LogP contribution >= 0.6 is 0 Å². The van der Waals surface area contributed by atoms with Crippen molar-refractivity contribution in [2.45, 2.75) is 51.7 Å². The molecule has 142 valence electrons. The number of allylic oxidation sites excluding steroid dienone is 1. The molecule has 0 amide bonds. The van der Waals surface area contributed by atoms with E-state index in [1.807, 2.05) is 26.0 Å². The number of fused-ring (bicyclic) bond motifs is 1. The quantitative estimate of drug-likeness (QED) is 0.531. The van der Waals surface area contributed by atoms with Crippen LogP contribution < -0.4 is 5.48 Å². The van der Waals surface area contributed by atoms with E-state index in [-0.39, 0.29) is 5.92 Å². The minimum atomic E-state index is -1.02. The molecular weight excluding hydrogens is 334 g/mol. The second kappa shape index (κ2) is 7.78. The molecule has 2 aliphatic carbocycles. The lowest BCUT2D eigenvalue weighted by molar-refractivity contribution is -0.144. The number of hydrogen-bond donors (Lipinski definition) is 4. The molecule has 2 aliphatic rings. The molecule has 4 atom stereocenters. The van der Waals surface area contributed by atoms with Crippen LogP contribution in [0.25, 0.3) is 0 Å². The van der Waals surface area contributed by atoms with Crippen molar-refractivity contribution < 1.29 is 25.0 Å². The van der Waals surface area contributed by atoms with Gasteiger partial charge in [0.05, 0.1) is 12.2 Å². The molecule has 0 spiro atoms. The Kier molecular flexibility index (Phi) is 5.65. The van der Waals surface area contributed by atoms with Crippen molar-refractivity contribution in [1.82, 2.24) is 5.48 Å². The molecule has 0 radical (unpaired) electrons. The maximum absolute atomic E-state index is 10.5. The summed E-state index contributed by atoms with van der Waals surface area (Å²) in [6.07, 6.45) is 1.79. The minimum absolute atomic E-state index is 0.135. The summed E-state index contributed by atoms with van der Waals surface area (Å²) < 4.78 is 0. The molecule has 1 aromatic carbocycles. The van der Waals surface area contributed by atoms with Crippen LogP contribution in [0.15, 0.2) is 29.5 Å². The first-order valence-corrected chi connectivity index (χ1v) is 9.11. The maximum atomic E-state index is 10.5. The van der Waals surface area contributed by atoms with Crippen LogP contribution in [0.3, 0.4) is 0 Å². The Morgan fingerprint density at radius 1 is 1.35 bits per heavy atom. The fraction of sp³-hybridized carbons (Fsp3) is 0.550. The van der Waals surface area contributed by atoms with Crippen molar-refractivity contribution in [1.29, 1.82) is 0 Å². The SMILES string of the molecule is Cc1ccc(C(O)CCC2C(O)CC3=C(NOCC(=O)O)CC32)c(C)c1. The monoisotopic (exact) mass is 361 g/mol. The van der Waals surface area contributed by atoms with E-state index in [4.69, 9.17) is 9.94 Å². The Balaban J connectivity index is 1.55. The Bertz CT molecular complexity index is 714. The van der Waals surface area contributed by atoms with E-state index in [9.17, 15) is 15.0 Å². The largest absolute Gasteiger partial charge is 0.479 e. The molecule has 3 rings (SSSR count). The number of hydrogen-bond acceptors (Lipinski definition) is 5. The van der Waals surface area contributed by atoms with E-state index < -0.39 is 24.8 Å². The fourth-order valence-electron chi connectivity index (χ4n) is 4.29. The maximum Gasteiger partial charge on any atom is 0.332 e. The highest BCUT2D eigenvalue weighted by Gasteiger charge is 2.45. The molecule has 1 fully saturated rings. The predicted molar refractivity (Wildman–Crippen MR) is 96.1 cm³/mol. The third-order valence-corrected chi connectivity index (χ3v) is 5.65. The summed E-state index contributed by atoms with van der Waals surface area (Å²) in [6, 6.07) is 6.07. The van der Waals surface area contributed by atoms with Gasteiger partial charge in [0.25, 0.3) is 0 Å². The Labute approximate surface area is 153 Å². The summed E-state index contributed by atoms with van der Waals surface area (Å²) in [7, 11) is 0. The predicted octanol–water partition coefficient (Wildman–Crippen LogP) is 2.38. The molecule has 0 bridgehead atoms. The van der Waals surface area contributed by atoms with Gasteiger partial charge in [-0.1, -0.05) is 23.8 Å². The third kappa shape index (κ3) is 3.92. The summed E-state index contributed by atoms with van der Waals surface area (Å²) in [5.41, 5.74) is 7.96. The molecule has 0 aliphatic heterocycles. The molecule has 6 heteroatoms. The Morgan fingerprint density at radius 2 is 2.12 bits per heavy atom. The number of hydroxylamine groups is 1. The lowest BCUT2D eigenvalue weighted by atomic mass is 9.77. The van der Waals surface area contributed by atoms with Crippen LogP contribution in [0.4, 0.5) is 0 Å². The topological polar surface area (TPSA) is 99.0 Å². The second-order valence-corrected chi connectivity index (χ2v) is 7.49. The number of aliphatic carboxylic acids is 1. The second-order valence-electron chi connectivity index (χ2n) is 7.49. The van der Waals surface area contributed by atoms with Gasteiger partial charge in [0, 0.05) is 5.70 Å². The van der Waals surface area contributed by atoms with Crippen LogP contribution in [0.2, 0.25) is 0 Å². The molecule has 4 unspecified atom stereocenters. The van der Waals surface area contributed by atoms with Crippen LogP contribution in [-0.4, -0.2) is 34.0 Å². The van der Waals surface area contributed by atoms with Gasteiger partial charge in [-0.2, -0.15) is 0 Å². The van der Waals surface area contributed by atoms with E-state index in [2.05, 4.69) is 11.5 Å². The van der Waals surface area contributed by atoms with Gasteiger partial charge in [0.15, 0.2) is 6.61 Å². The molecule has 1 aromatic rings. The number of aryl methyl sites for hydroxylation is 2. The van der Waals surface area contributed by atoms with Crippen LogP contribution in [0, 0.1) is 25.7 Å². The zero-order valence-electron chi connectivity index (χ0n) is 15.2. The molecule has 0 aromatic heterocycles. The van der Waals surface area contributed by atoms with Crippen molar-refractivity contribution in [2.75, 3.05) is 6.61 Å². The number of carboxylic acid groups (broad SMARTS) is 1. The third-order valence-electron chi connectivity index (χ3n) is 5.65. The van der Waals surface area contributed by atoms with Crippen molar-refractivity contribution in [3.63, 3.8) is 0 Å². The van der Waals surface area contributed by atoms with E-state index in [1.165, 1.54) is 5.56 Å². The normalized spacial score (nSPS) is 25.6. The van der Waals surface area contributed by atoms with E-state index in [0.717, 1.165) is 35.2 Å². The first-order valence-electron chi connectivity index (χ1n) is 9.11. The molecule has 26 heavy (non-hydrogen) atoms. The van der Waals surface area contributed by atoms with Gasteiger partial charge in [0.1, 0.15) is 0 Å². The van der Waals surface area contributed by atoms with Crippen molar-refractivity contribution in [2.24, 2.45) is 11.8 Å². The molecule has 0 saturated heterocycles. The standard InChI is InChI=1S/C20H27NO5/c1-11-3-4-13(12(2)7-11)18(22)6-5-14-15-8-17(16(15)9-19(14)23)21-26-10-20(24)25/h3-4,7,14-15,18-19,21-23H,5-6,8-10H2,1-2H3,(H,24,25). The average Bonchev–Trinajstić information content (AvgIpc) is 2.80. The number of aliphatic hydroxyl groups is 2. The highest BCUT2D eigenvalue weighted by molar-refractivity contribution is 5.67. The van der Waals surface area contributed by atoms with Gasteiger partial charge < -0.3 is 15.3 Å². The average molecular weight is 361 g/mol. The van der Waals surface area contributed by atoms with Gasteiger partial charge in [0.2, 0.25) is 0 Å². The zero-order valence-corrected chi connectivity index (χ0v) is 15.2. The highest BCUT2D eigenvalue weighted by atomic mass is 16.7. The van der Waals surface area contributed by atoms with E-state index >= 15 is 0 Å². The summed E-state index contributed by atoms with van der Waals surface area (Å²) in [5.74, 6) is -0.591. The zero-order chi connectivity index (χ0) is 18.8. The summed E-state index contributed by atoms with van der Waals surface area (Å²) in [5, 5.41) is 29.5. The number of benzene rings is 1. The first kappa shape index (κ1) is 18.9. The first-order chi connectivity index (χ1) is 12.4. The van der Waals surface area contributed by atoms with E-state index in [1.54, 1.807) is 0 Å². The number of carboxylic acids is 1. The van der Waals surface area contributed by atoms with Crippen molar-refractivity contribution >= 4 is 5.97 Å². The Hall–Kier alpha value is -1.89. The summed E-state index contributed by atoms with van der Waals surface area (Å²) >= 11 is 0. The van der Waals surface area contributed by atoms with Crippen LogP contribution in [-0.2, 0) is 9.63 Å². The molecular formula is C20H27NO5.